The summed E-state index contributed by atoms with van der Waals surface area (Å²) in [5.74, 6) is 1.83. The maximum Gasteiger partial charge on any atom is 0.123 e. The van der Waals surface area contributed by atoms with Crippen LogP contribution in [0.4, 0.5) is 0 Å². The predicted molar refractivity (Wildman–Crippen MR) is 74.5 cm³/mol. The van der Waals surface area contributed by atoms with Gasteiger partial charge < -0.3 is 15.2 Å². The Morgan fingerprint density at radius 1 is 1.42 bits per heavy atom. The largest absolute Gasteiger partial charge is 0.507 e. The molecule has 3 rings (SSSR count). The highest BCUT2D eigenvalue weighted by Gasteiger charge is 2.34. The lowest BCUT2D eigenvalue weighted by molar-refractivity contribution is 0.307. The quantitative estimate of drug-likeness (QED) is 0.868. The SMILES string of the molecule is COc1ccc(CN2CC3CCCNC3C2)c(O)c1. The summed E-state index contributed by atoms with van der Waals surface area (Å²) < 4.78 is 5.11. The highest BCUT2D eigenvalue weighted by Crippen LogP contribution is 2.29. The molecule has 2 saturated heterocycles. The van der Waals surface area contributed by atoms with Crippen LogP contribution in [-0.4, -0.2) is 42.8 Å². The number of hydrogen-bond donors (Lipinski definition) is 2. The van der Waals surface area contributed by atoms with Gasteiger partial charge in [0.15, 0.2) is 0 Å². The Labute approximate surface area is 114 Å². The molecule has 2 fully saturated rings. The van der Waals surface area contributed by atoms with Crippen LogP contribution in [0.1, 0.15) is 18.4 Å². The molecule has 2 unspecified atom stereocenters. The Hall–Kier alpha value is -1.26. The summed E-state index contributed by atoms with van der Waals surface area (Å²) >= 11 is 0. The lowest BCUT2D eigenvalue weighted by Crippen LogP contribution is -2.40. The molecule has 0 spiro atoms. The number of benzene rings is 1. The van der Waals surface area contributed by atoms with Crippen LogP contribution >= 0.6 is 0 Å². The predicted octanol–water partition coefficient (Wildman–Crippen LogP) is 1.58. The maximum absolute atomic E-state index is 10.0. The fraction of sp³-hybridized carbons (Fsp3) is 0.600. The summed E-state index contributed by atoms with van der Waals surface area (Å²) in [4.78, 5) is 2.44. The van der Waals surface area contributed by atoms with Crippen molar-refractivity contribution in [2.24, 2.45) is 5.92 Å². The van der Waals surface area contributed by atoms with Crippen LogP contribution < -0.4 is 10.1 Å². The van der Waals surface area contributed by atoms with E-state index in [1.54, 1.807) is 13.2 Å². The van der Waals surface area contributed by atoms with Crippen molar-refractivity contribution in [3.05, 3.63) is 23.8 Å². The van der Waals surface area contributed by atoms with Crippen LogP contribution in [0.25, 0.3) is 0 Å². The summed E-state index contributed by atoms with van der Waals surface area (Å²) in [6.07, 6.45) is 2.63. The van der Waals surface area contributed by atoms with Crippen LogP contribution in [-0.2, 0) is 6.54 Å². The number of phenols is 1. The third-order valence-electron chi connectivity index (χ3n) is 4.36. The van der Waals surface area contributed by atoms with Gasteiger partial charge in [-0.1, -0.05) is 6.07 Å². The normalized spacial score (nSPS) is 27.2. The Morgan fingerprint density at radius 3 is 3.05 bits per heavy atom. The van der Waals surface area contributed by atoms with Gasteiger partial charge in [-0.25, -0.2) is 0 Å². The zero-order chi connectivity index (χ0) is 13.2. The number of piperidine rings is 1. The summed E-state index contributed by atoms with van der Waals surface area (Å²) in [5, 5.41) is 13.6. The molecule has 104 valence electrons. The minimum atomic E-state index is 0.335. The van der Waals surface area contributed by atoms with Crippen LogP contribution in [0.15, 0.2) is 18.2 Å². The fourth-order valence-electron chi connectivity index (χ4n) is 3.31. The highest BCUT2D eigenvalue weighted by molar-refractivity contribution is 5.39. The second-order valence-electron chi connectivity index (χ2n) is 5.65. The van der Waals surface area contributed by atoms with Crippen molar-refractivity contribution in [1.82, 2.24) is 10.2 Å². The molecule has 0 radical (unpaired) electrons. The van der Waals surface area contributed by atoms with E-state index in [4.69, 9.17) is 4.74 Å². The second kappa shape index (κ2) is 5.39. The maximum atomic E-state index is 10.0. The minimum absolute atomic E-state index is 0.335. The van der Waals surface area contributed by atoms with Crippen molar-refractivity contribution < 1.29 is 9.84 Å². The molecule has 0 saturated carbocycles. The van der Waals surface area contributed by atoms with E-state index in [9.17, 15) is 5.11 Å². The van der Waals surface area contributed by atoms with Crippen molar-refractivity contribution in [2.75, 3.05) is 26.7 Å². The Kier molecular flexibility index (Phi) is 3.62. The van der Waals surface area contributed by atoms with Crippen LogP contribution in [0.3, 0.4) is 0 Å². The van der Waals surface area contributed by atoms with Crippen molar-refractivity contribution >= 4 is 0 Å². The van der Waals surface area contributed by atoms with Crippen molar-refractivity contribution in [3.63, 3.8) is 0 Å². The molecule has 2 aliphatic rings. The van der Waals surface area contributed by atoms with E-state index in [0.717, 1.165) is 37.7 Å². The molecule has 19 heavy (non-hydrogen) atoms. The number of nitrogens with zero attached hydrogens (tertiary/aromatic N) is 1. The molecule has 4 nitrogen and oxygen atoms in total. The van der Waals surface area contributed by atoms with Gasteiger partial charge in [-0.05, 0) is 31.4 Å². The fourth-order valence-corrected chi connectivity index (χ4v) is 3.31. The molecule has 1 aromatic rings. The lowest BCUT2D eigenvalue weighted by atomic mass is 9.94. The molecule has 2 heterocycles. The average molecular weight is 262 g/mol. The van der Waals surface area contributed by atoms with Gasteiger partial charge in [0.1, 0.15) is 11.5 Å². The van der Waals surface area contributed by atoms with Crippen LogP contribution in [0.5, 0.6) is 11.5 Å². The first-order valence-electron chi connectivity index (χ1n) is 7.08. The molecule has 2 N–H and O–H groups in total. The van der Waals surface area contributed by atoms with E-state index < -0.39 is 0 Å². The first kappa shape index (κ1) is 12.8. The molecular weight excluding hydrogens is 240 g/mol. The summed E-state index contributed by atoms with van der Waals surface area (Å²) in [6, 6.07) is 6.21. The topological polar surface area (TPSA) is 44.7 Å². The number of methoxy groups -OCH3 is 1. The van der Waals surface area contributed by atoms with Crippen molar-refractivity contribution in [3.8, 4) is 11.5 Å². The first-order chi connectivity index (χ1) is 9.26. The van der Waals surface area contributed by atoms with E-state index in [1.165, 1.54) is 12.8 Å². The Morgan fingerprint density at radius 2 is 2.32 bits per heavy atom. The average Bonchev–Trinajstić information content (AvgIpc) is 2.83. The summed E-state index contributed by atoms with van der Waals surface area (Å²) in [7, 11) is 1.62. The third kappa shape index (κ3) is 2.69. The number of phenolic OH excluding ortho intramolecular Hbond substituents is 1. The molecule has 0 aliphatic carbocycles. The van der Waals surface area contributed by atoms with E-state index in [0.29, 0.717) is 17.5 Å². The minimum Gasteiger partial charge on any atom is -0.507 e. The van der Waals surface area contributed by atoms with Gasteiger partial charge in [0.2, 0.25) is 0 Å². The Balaban J connectivity index is 1.65. The first-order valence-corrected chi connectivity index (χ1v) is 7.08. The highest BCUT2D eigenvalue weighted by atomic mass is 16.5. The van der Waals surface area contributed by atoms with E-state index in [2.05, 4.69) is 10.2 Å². The number of fused-ring (bicyclic) bond motifs is 1. The van der Waals surface area contributed by atoms with Gasteiger partial charge >= 0.3 is 0 Å². The molecule has 4 heteroatoms. The smallest absolute Gasteiger partial charge is 0.123 e. The number of aromatic hydroxyl groups is 1. The van der Waals surface area contributed by atoms with Crippen LogP contribution in [0, 0.1) is 5.92 Å². The van der Waals surface area contributed by atoms with Crippen molar-refractivity contribution in [1.29, 1.82) is 0 Å². The number of nitrogens with one attached hydrogen (secondary N) is 1. The zero-order valence-electron chi connectivity index (χ0n) is 11.4. The van der Waals surface area contributed by atoms with E-state index in [1.807, 2.05) is 12.1 Å². The molecule has 0 aromatic heterocycles. The van der Waals surface area contributed by atoms with E-state index in [-0.39, 0.29) is 0 Å². The summed E-state index contributed by atoms with van der Waals surface area (Å²) in [5.41, 5.74) is 0.986. The Bertz CT molecular complexity index is 436. The van der Waals surface area contributed by atoms with Gasteiger partial charge in [-0.3, -0.25) is 4.90 Å². The number of rotatable bonds is 3. The standard InChI is InChI=1S/C15H22N2O2/c1-19-13-5-4-12(15(18)7-13)9-17-8-11-3-2-6-16-14(11)10-17/h4-5,7,11,14,16,18H,2-3,6,8-10H2,1H3. The van der Waals surface area contributed by atoms with Gasteiger partial charge in [-0.2, -0.15) is 0 Å². The third-order valence-corrected chi connectivity index (χ3v) is 4.36. The molecule has 1 aromatic carbocycles. The number of ether oxygens (including phenoxy) is 1. The zero-order valence-corrected chi connectivity index (χ0v) is 11.4. The van der Waals surface area contributed by atoms with Gasteiger partial charge in [-0.15, -0.1) is 0 Å². The second-order valence-corrected chi connectivity index (χ2v) is 5.65. The number of likely N-dealkylation sites (tertiary alicyclic amines) is 1. The molecule has 2 atom stereocenters. The van der Waals surface area contributed by atoms with Gasteiger partial charge in [0.05, 0.1) is 7.11 Å². The molecular formula is C15H22N2O2. The van der Waals surface area contributed by atoms with Crippen LogP contribution in [0.2, 0.25) is 0 Å². The van der Waals surface area contributed by atoms with E-state index >= 15 is 0 Å². The molecule has 2 aliphatic heterocycles. The molecule has 0 bridgehead atoms. The van der Waals surface area contributed by atoms with Crippen molar-refractivity contribution in [2.45, 2.75) is 25.4 Å². The summed E-state index contributed by atoms with van der Waals surface area (Å²) in [6.45, 7) is 4.21. The van der Waals surface area contributed by atoms with Gasteiger partial charge in [0.25, 0.3) is 0 Å². The molecule has 0 amide bonds. The van der Waals surface area contributed by atoms with Gasteiger partial charge in [0, 0.05) is 37.3 Å². The monoisotopic (exact) mass is 262 g/mol. The number of hydrogen-bond acceptors (Lipinski definition) is 4. The lowest BCUT2D eigenvalue weighted by Gasteiger charge is -2.24.